The molecule has 0 unspecified atom stereocenters. The average Bonchev–Trinajstić information content (AvgIpc) is 3.92. The Morgan fingerprint density at radius 1 is 1.16 bits per heavy atom. The summed E-state index contributed by atoms with van der Waals surface area (Å²) in [5, 5.41) is 8.55. The topological polar surface area (TPSA) is 115 Å². The number of amides is 2. The number of benzene rings is 2. The van der Waals surface area contributed by atoms with Crippen molar-refractivity contribution in [1.29, 1.82) is 5.26 Å². The van der Waals surface area contributed by atoms with Gasteiger partial charge in [0, 0.05) is 49.4 Å². The maximum absolute atomic E-state index is 15.7. The monoisotopic (exact) mass is 808 g/mol. The van der Waals surface area contributed by atoms with Gasteiger partial charge in [0.1, 0.15) is 35.5 Å². The predicted molar refractivity (Wildman–Crippen MR) is 193 cm³/mol. The van der Waals surface area contributed by atoms with Crippen molar-refractivity contribution in [2.75, 3.05) is 50.5 Å². The molecule has 10 nitrogen and oxygen atoms in total. The van der Waals surface area contributed by atoms with E-state index < -0.39 is 86.0 Å². The SMILES string of the molecule is CCN(c1nc(OC[C@@]23CCCN2C[C@H](F)C3)nc2c(C(F)(F)F)c(-c3ccc(F)c4sc(N)c(C#N)c34)c(C(F)(F)F)cc12)[C@H]1C[C@H]2[C@H](C)N(C)C(=O)N2C1. The molecule has 4 aliphatic heterocycles. The Morgan fingerprint density at radius 2 is 1.91 bits per heavy atom. The second kappa shape index (κ2) is 13.2. The van der Waals surface area contributed by atoms with Gasteiger partial charge in [-0.2, -0.15) is 41.6 Å². The summed E-state index contributed by atoms with van der Waals surface area (Å²) in [5.41, 5.74) is -1.81. The molecular formula is C37H36F8N8O2S. The van der Waals surface area contributed by atoms with Gasteiger partial charge < -0.3 is 25.2 Å². The maximum atomic E-state index is 15.7. The van der Waals surface area contributed by atoms with Gasteiger partial charge in [-0.15, -0.1) is 11.3 Å². The highest BCUT2D eigenvalue weighted by Gasteiger charge is 2.51. The second-order valence-corrected chi connectivity index (χ2v) is 16.1. The average molecular weight is 809 g/mol. The lowest BCUT2D eigenvalue weighted by molar-refractivity contribution is -0.141. The second-order valence-electron chi connectivity index (χ2n) is 15.0. The quantitative estimate of drug-likeness (QED) is 0.188. The summed E-state index contributed by atoms with van der Waals surface area (Å²) >= 11 is 0.532. The minimum absolute atomic E-state index is 0.0686. The molecule has 56 heavy (non-hydrogen) atoms. The molecule has 4 saturated heterocycles. The highest BCUT2D eigenvalue weighted by molar-refractivity contribution is 7.23. The standard InChI is InChI=1S/C37H36F8N8O2S/c1-4-52(19-10-25-17(2)50(3)34(54)53(25)15-19)32-21-11-23(36(40,41)42)27(20-6-7-24(39)30-26(20)22(13-46)31(47)56-30)28(37(43,44)45)29(21)48-33(49-32)55-16-35-8-5-9-51(35)14-18(38)12-35/h6-7,11,17-19,25H,4-5,8-10,12,14-16,47H2,1-3H3/t17-,18+,19-,25-,35-/m0/s1. The van der Waals surface area contributed by atoms with Crippen LogP contribution in [0.25, 0.3) is 32.1 Å². The number of nitriles is 1. The number of carbonyl (C=O) groups excluding carboxylic acids is 1. The van der Waals surface area contributed by atoms with Crippen molar-refractivity contribution in [1.82, 2.24) is 24.7 Å². The molecule has 6 heterocycles. The van der Waals surface area contributed by atoms with Gasteiger partial charge >= 0.3 is 24.4 Å². The predicted octanol–water partition coefficient (Wildman–Crippen LogP) is 7.82. The van der Waals surface area contributed by atoms with E-state index in [1.807, 2.05) is 11.8 Å². The summed E-state index contributed by atoms with van der Waals surface area (Å²) in [5.74, 6) is -1.26. The van der Waals surface area contributed by atoms with Crippen molar-refractivity contribution in [3.63, 3.8) is 0 Å². The molecule has 2 aromatic heterocycles. The molecule has 0 bridgehead atoms. The molecule has 4 fully saturated rings. The number of likely N-dealkylation sites (N-methyl/N-ethyl adjacent to an activating group) is 2. The summed E-state index contributed by atoms with van der Waals surface area (Å²) in [4.78, 5) is 28.5. The number of thiophene rings is 1. The Bertz CT molecular complexity index is 2310. The fourth-order valence-corrected chi connectivity index (χ4v) is 10.4. The van der Waals surface area contributed by atoms with Crippen LogP contribution >= 0.6 is 11.3 Å². The molecule has 298 valence electrons. The lowest BCUT2D eigenvalue weighted by Crippen LogP contribution is -2.43. The third kappa shape index (κ3) is 5.84. The van der Waals surface area contributed by atoms with Crippen LogP contribution in [0.1, 0.15) is 56.2 Å². The molecule has 4 aliphatic rings. The van der Waals surface area contributed by atoms with Gasteiger partial charge in [-0.3, -0.25) is 4.90 Å². The number of fused-ring (bicyclic) bond motifs is 4. The highest BCUT2D eigenvalue weighted by atomic mass is 32.1. The van der Waals surface area contributed by atoms with Gasteiger partial charge in [0.15, 0.2) is 0 Å². The molecule has 19 heteroatoms. The lowest BCUT2D eigenvalue weighted by Gasteiger charge is -2.33. The van der Waals surface area contributed by atoms with E-state index in [2.05, 4.69) is 9.97 Å². The summed E-state index contributed by atoms with van der Waals surface area (Å²) in [6, 6.07) is 1.93. The van der Waals surface area contributed by atoms with Crippen LogP contribution in [0.15, 0.2) is 18.2 Å². The van der Waals surface area contributed by atoms with Crippen LogP contribution in [0.5, 0.6) is 6.01 Å². The van der Waals surface area contributed by atoms with E-state index in [1.54, 1.807) is 34.7 Å². The summed E-state index contributed by atoms with van der Waals surface area (Å²) < 4.78 is 129. The Morgan fingerprint density at radius 3 is 2.57 bits per heavy atom. The number of alkyl halides is 7. The Balaban J connectivity index is 1.40. The van der Waals surface area contributed by atoms with Crippen LogP contribution in [0.2, 0.25) is 0 Å². The minimum atomic E-state index is -5.51. The van der Waals surface area contributed by atoms with E-state index in [1.165, 1.54) is 0 Å². The summed E-state index contributed by atoms with van der Waals surface area (Å²) in [6.07, 6.45) is -10.3. The third-order valence-electron chi connectivity index (χ3n) is 12.1. The van der Waals surface area contributed by atoms with Crippen molar-refractivity contribution in [2.45, 2.75) is 81.7 Å². The largest absolute Gasteiger partial charge is 0.461 e. The molecule has 0 saturated carbocycles. The zero-order valence-electron chi connectivity index (χ0n) is 30.4. The van der Waals surface area contributed by atoms with Crippen LogP contribution in [0.3, 0.4) is 0 Å². The first-order valence-corrected chi connectivity index (χ1v) is 19.0. The Hall–Kier alpha value is -4.70. The first-order valence-electron chi connectivity index (χ1n) is 18.1. The van der Waals surface area contributed by atoms with E-state index >= 15 is 30.7 Å². The molecule has 0 radical (unpaired) electrons. The lowest BCUT2D eigenvalue weighted by atomic mass is 9.88. The molecule has 2 aromatic carbocycles. The summed E-state index contributed by atoms with van der Waals surface area (Å²) in [6.45, 7) is 4.30. The molecule has 4 aromatic rings. The molecule has 2 amide bonds. The minimum Gasteiger partial charge on any atom is -0.461 e. The molecule has 0 aliphatic carbocycles. The first-order chi connectivity index (χ1) is 26.4. The van der Waals surface area contributed by atoms with Gasteiger partial charge in [0.2, 0.25) is 0 Å². The number of nitrogens with two attached hydrogens (primary N) is 1. The summed E-state index contributed by atoms with van der Waals surface area (Å²) in [7, 11) is 1.66. The molecule has 2 N–H and O–H groups in total. The van der Waals surface area contributed by atoms with Crippen LogP contribution in [-0.2, 0) is 12.4 Å². The van der Waals surface area contributed by atoms with Crippen molar-refractivity contribution in [2.24, 2.45) is 0 Å². The van der Waals surface area contributed by atoms with E-state index in [0.29, 0.717) is 36.8 Å². The van der Waals surface area contributed by atoms with E-state index in [9.17, 15) is 14.4 Å². The first kappa shape index (κ1) is 38.2. The number of nitrogen functional groups attached to an aromatic ring is 1. The number of anilines is 2. The number of carbonyl (C=O) groups is 1. The zero-order valence-corrected chi connectivity index (χ0v) is 31.2. The van der Waals surface area contributed by atoms with Crippen molar-refractivity contribution >= 4 is 49.2 Å². The molecular weight excluding hydrogens is 773 g/mol. The Labute approximate surface area is 319 Å². The highest BCUT2D eigenvalue weighted by Crippen LogP contribution is 2.53. The number of rotatable bonds is 7. The van der Waals surface area contributed by atoms with Crippen molar-refractivity contribution < 1.29 is 44.7 Å². The molecule has 5 atom stereocenters. The smallest absolute Gasteiger partial charge is 0.419 e. The number of aromatic nitrogens is 2. The number of ether oxygens (including phenoxy) is 1. The third-order valence-corrected chi connectivity index (χ3v) is 13.1. The molecule has 8 rings (SSSR count). The van der Waals surface area contributed by atoms with Crippen LogP contribution < -0.4 is 15.4 Å². The fourth-order valence-electron chi connectivity index (χ4n) is 9.41. The normalized spacial score (nSPS) is 25.4. The fraction of sp³-hybridized carbons (Fsp3) is 0.514. The van der Waals surface area contributed by atoms with Crippen molar-refractivity contribution in [3.8, 4) is 23.2 Å². The van der Waals surface area contributed by atoms with Gasteiger partial charge in [0.25, 0.3) is 0 Å². The number of urea groups is 1. The number of hydrogen-bond acceptors (Lipinski definition) is 9. The van der Waals surface area contributed by atoms with Gasteiger partial charge in [-0.25, -0.2) is 13.6 Å². The van der Waals surface area contributed by atoms with Crippen LogP contribution in [0, 0.1) is 17.1 Å². The van der Waals surface area contributed by atoms with Crippen LogP contribution in [0.4, 0.5) is 50.7 Å². The van der Waals surface area contributed by atoms with Crippen LogP contribution in [-0.4, -0.2) is 100 Å². The number of halogens is 8. The number of hydrogen-bond donors (Lipinski definition) is 1. The van der Waals surface area contributed by atoms with Crippen molar-refractivity contribution in [3.05, 3.63) is 40.7 Å². The van der Waals surface area contributed by atoms with Gasteiger partial charge in [-0.05, 0) is 57.4 Å². The number of nitrogens with zero attached hydrogens (tertiary/aromatic N) is 7. The van der Waals surface area contributed by atoms with E-state index in [-0.39, 0.29) is 66.3 Å². The van der Waals surface area contributed by atoms with E-state index in [4.69, 9.17) is 10.5 Å². The van der Waals surface area contributed by atoms with E-state index in [0.717, 1.165) is 18.6 Å². The van der Waals surface area contributed by atoms with Gasteiger partial charge in [-0.1, -0.05) is 6.07 Å². The zero-order chi connectivity index (χ0) is 40.2. The van der Waals surface area contributed by atoms with Gasteiger partial charge in [0.05, 0.1) is 50.6 Å². The molecule has 0 spiro atoms. The Kier molecular flexibility index (Phi) is 8.99. The maximum Gasteiger partial charge on any atom is 0.419 e.